The normalized spacial score (nSPS) is 14.6. The molecule has 1 aliphatic rings. The third-order valence-electron chi connectivity index (χ3n) is 5.35. The lowest BCUT2D eigenvalue weighted by molar-refractivity contribution is -0.131. The first kappa shape index (κ1) is 20.3. The Morgan fingerprint density at radius 1 is 1.13 bits per heavy atom. The number of nitrogens with zero attached hydrogens (tertiary/aromatic N) is 3. The molecular weight excluding hydrogens is 398 g/mol. The Kier molecular flexibility index (Phi) is 6.28. The summed E-state index contributed by atoms with van der Waals surface area (Å²) >= 11 is 1.61. The van der Waals surface area contributed by atoms with Crippen LogP contribution in [0.15, 0.2) is 58.7 Å². The Morgan fingerprint density at radius 2 is 1.90 bits per heavy atom. The van der Waals surface area contributed by atoms with E-state index in [1.165, 1.54) is 0 Å². The highest BCUT2D eigenvalue weighted by Crippen LogP contribution is 2.25. The highest BCUT2D eigenvalue weighted by Gasteiger charge is 2.25. The number of carbonyl (C=O) groups excluding carboxylic acids is 1. The van der Waals surface area contributed by atoms with E-state index >= 15 is 0 Å². The molecule has 1 fully saturated rings. The summed E-state index contributed by atoms with van der Waals surface area (Å²) in [6.45, 7) is 3.85. The minimum atomic E-state index is -0.0885. The van der Waals surface area contributed by atoms with Crippen molar-refractivity contribution in [3.05, 3.63) is 69.8 Å². The van der Waals surface area contributed by atoms with Crippen molar-refractivity contribution < 1.29 is 9.53 Å². The van der Waals surface area contributed by atoms with E-state index < -0.39 is 0 Å². The van der Waals surface area contributed by atoms with E-state index in [-0.39, 0.29) is 17.5 Å². The van der Waals surface area contributed by atoms with Crippen LogP contribution >= 0.6 is 11.3 Å². The number of piperidine rings is 1. The van der Waals surface area contributed by atoms with Gasteiger partial charge in [-0.3, -0.25) is 9.59 Å². The number of benzene rings is 1. The van der Waals surface area contributed by atoms with Crippen molar-refractivity contribution in [3.63, 3.8) is 0 Å². The zero-order valence-electron chi connectivity index (χ0n) is 17.0. The number of thiophene rings is 1. The van der Waals surface area contributed by atoms with E-state index in [4.69, 9.17) is 4.74 Å². The van der Waals surface area contributed by atoms with Gasteiger partial charge < -0.3 is 9.64 Å². The Bertz CT molecular complexity index is 1040. The van der Waals surface area contributed by atoms with Gasteiger partial charge in [0.15, 0.2) is 0 Å². The van der Waals surface area contributed by atoms with Gasteiger partial charge in [-0.1, -0.05) is 18.2 Å². The van der Waals surface area contributed by atoms with Crippen molar-refractivity contribution in [2.45, 2.75) is 32.2 Å². The Morgan fingerprint density at radius 3 is 2.57 bits per heavy atom. The standard InChI is InChI=1S/C23H25N3O3S/c1-2-29-19-7-5-17(6-8-19)16-23(28)25-13-11-18(12-14-25)26-22(27)10-9-20(24-26)21-4-3-15-30-21/h3-10,15,18H,2,11-14,16H2,1H3. The second kappa shape index (κ2) is 9.26. The summed E-state index contributed by atoms with van der Waals surface area (Å²) < 4.78 is 7.05. The molecule has 0 atom stereocenters. The SMILES string of the molecule is CCOc1ccc(CC(=O)N2CCC(n3nc(-c4cccs4)ccc3=O)CC2)cc1. The van der Waals surface area contributed by atoms with Gasteiger partial charge in [0.25, 0.3) is 5.56 Å². The molecule has 7 heteroatoms. The highest BCUT2D eigenvalue weighted by molar-refractivity contribution is 7.13. The van der Waals surface area contributed by atoms with Crippen LogP contribution in [0.2, 0.25) is 0 Å². The van der Waals surface area contributed by atoms with Gasteiger partial charge in [0, 0.05) is 19.2 Å². The van der Waals surface area contributed by atoms with Gasteiger partial charge in [-0.25, -0.2) is 4.68 Å². The summed E-state index contributed by atoms with van der Waals surface area (Å²) in [5.41, 5.74) is 1.71. The first-order valence-corrected chi connectivity index (χ1v) is 11.2. The van der Waals surface area contributed by atoms with Crippen LogP contribution in [0.1, 0.15) is 31.4 Å². The first-order chi connectivity index (χ1) is 14.6. The van der Waals surface area contributed by atoms with Crippen molar-refractivity contribution in [1.29, 1.82) is 0 Å². The molecule has 1 amide bonds. The number of rotatable bonds is 6. The summed E-state index contributed by atoms with van der Waals surface area (Å²) in [5, 5.41) is 6.60. The third-order valence-corrected chi connectivity index (χ3v) is 6.24. The molecular formula is C23H25N3O3S. The number of likely N-dealkylation sites (tertiary alicyclic amines) is 1. The predicted molar refractivity (Wildman–Crippen MR) is 118 cm³/mol. The van der Waals surface area contributed by atoms with E-state index in [9.17, 15) is 9.59 Å². The fourth-order valence-electron chi connectivity index (χ4n) is 3.76. The smallest absolute Gasteiger partial charge is 0.267 e. The molecule has 3 heterocycles. The van der Waals surface area contributed by atoms with Gasteiger partial charge in [0.05, 0.1) is 23.9 Å². The van der Waals surface area contributed by atoms with Crippen LogP contribution < -0.4 is 10.3 Å². The molecule has 156 valence electrons. The molecule has 0 unspecified atom stereocenters. The van der Waals surface area contributed by atoms with Crippen LogP contribution in [0.4, 0.5) is 0 Å². The number of hydrogen-bond acceptors (Lipinski definition) is 5. The van der Waals surface area contributed by atoms with Crippen LogP contribution in [-0.4, -0.2) is 40.3 Å². The van der Waals surface area contributed by atoms with Crippen molar-refractivity contribution in [1.82, 2.24) is 14.7 Å². The third kappa shape index (κ3) is 4.62. The maximum absolute atomic E-state index is 12.7. The van der Waals surface area contributed by atoms with Gasteiger partial charge in [-0.05, 0) is 55.0 Å². The van der Waals surface area contributed by atoms with Crippen molar-refractivity contribution in [3.8, 4) is 16.3 Å². The molecule has 3 aromatic rings. The summed E-state index contributed by atoms with van der Waals surface area (Å²) in [7, 11) is 0. The molecule has 1 aliphatic heterocycles. The molecule has 0 spiro atoms. The lowest BCUT2D eigenvalue weighted by Gasteiger charge is -2.32. The number of hydrogen-bond donors (Lipinski definition) is 0. The Balaban J connectivity index is 1.37. The second-order valence-electron chi connectivity index (χ2n) is 7.34. The quantitative estimate of drug-likeness (QED) is 0.605. The van der Waals surface area contributed by atoms with E-state index in [2.05, 4.69) is 5.10 Å². The van der Waals surface area contributed by atoms with Crippen molar-refractivity contribution in [2.75, 3.05) is 19.7 Å². The van der Waals surface area contributed by atoms with Gasteiger partial charge in [0.1, 0.15) is 11.4 Å². The highest BCUT2D eigenvalue weighted by atomic mass is 32.1. The molecule has 4 rings (SSSR count). The summed E-state index contributed by atoms with van der Waals surface area (Å²) in [6.07, 6.45) is 1.84. The van der Waals surface area contributed by atoms with E-state index in [1.807, 2.05) is 53.6 Å². The van der Waals surface area contributed by atoms with Crippen LogP contribution in [0.25, 0.3) is 10.6 Å². The van der Waals surface area contributed by atoms with E-state index in [0.717, 1.165) is 34.7 Å². The molecule has 0 saturated carbocycles. The van der Waals surface area contributed by atoms with Gasteiger partial charge >= 0.3 is 0 Å². The second-order valence-corrected chi connectivity index (χ2v) is 8.29. The van der Waals surface area contributed by atoms with Crippen LogP contribution in [0, 0.1) is 0 Å². The van der Waals surface area contributed by atoms with Crippen LogP contribution in [0.5, 0.6) is 5.75 Å². The molecule has 0 bridgehead atoms. The number of carbonyl (C=O) groups is 1. The molecule has 2 aromatic heterocycles. The van der Waals surface area contributed by atoms with Crippen LogP contribution in [-0.2, 0) is 11.2 Å². The molecule has 6 nitrogen and oxygen atoms in total. The van der Waals surface area contributed by atoms with Gasteiger partial charge in [-0.15, -0.1) is 11.3 Å². The number of aromatic nitrogens is 2. The Labute approximate surface area is 179 Å². The monoisotopic (exact) mass is 423 g/mol. The minimum absolute atomic E-state index is 0.0203. The van der Waals surface area contributed by atoms with E-state index in [0.29, 0.717) is 26.1 Å². The number of ether oxygens (including phenoxy) is 1. The number of amides is 1. The van der Waals surface area contributed by atoms with Crippen molar-refractivity contribution in [2.24, 2.45) is 0 Å². The molecule has 30 heavy (non-hydrogen) atoms. The fraction of sp³-hybridized carbons (Fsp3) is 0.348. The largest absolute Gasteiger partial charge is 0.494 e. The zero-order valence-corrected chi connectivity index (χ0v) is 17.8. The van der Waals surface area contributed by atoms with E-state index in [1.54, 1.807) is 28.2 Å². The Hall–Kier alpha value is -2.93. The molecule has 1 saturated heterocycles. The minimum Gasteiger partial charge on any atom is -0.494 e. The molecule has 0 aliphatic carbocycles. The lowest BCUT2D eigenvalue weighted by atomic mass is 10.0. The van der Waals surface area contributed by atoms with Gasteiger partial charge in [-0.2, -0.15) is 5.10 Å². The van der Waals surface area contributed by atoms with Crippen molar-refractivity contribution >= 4 is 17.2 Å². The van der Waals surface area contributed by atoms with Gasteiger partial charge in [0.2, 0.25) is 5.91 Å². The maximum atomic E-state index is 12.7. The van der Waals surface area contributed by atoms with Crippen LogP contribution in [0.3, 0.4) is 0 Å². The lowest BCUT2D eigenvalue weighted by Crippen LogP contribution is -2.42. The summed E-state index contributed by atoms with van der Waals surface area (Å²) in [6, 6.07) is 15.0. The average Bonchev–Trinajstić information content (AvgIpc) is 3.31. The molecule has 0 radical (unpaired) electrons. The first-order valence-electron chi connectivity index (χ1n) is 10.3. The molecule has 1 aromatic carbocycles. The summed E-state index contributed by atoms with van der Waals surface area (Å²) in [4.78, 5) is 28.0. The summed E-state index contributed by atoms with van der Waals surface area (Å²) in [5.74, 6) is 0.933. The predicted octanol–water partition coefficient (Wildman–Crippen LogP) is 3.78. The topological polar surface area (TPSA) is 64.4 Å². The maximum Gasteiger partial charge on any atom is 0.267 e. The average molecular weight is 424 g/mol. The molecule has 0 N–H and O–H groups in total. The zero-order chi connectivity index (χ0) is 20.9. The fourth-order valence-corrected chi connectivity index (χ4v) is 4.45.